The fraction of sp³-hybridized carbons (Fsp3) is 0.0714. The third-order valence-corrected chi connectivity index (χ3v) is 3.57. The second-order valence-corrected chi connectivity index (χ2v) is 5.05. The smallest absolute Gasteiger partial charge is 0.159 e. The van der Waals surface area contributed by atoms with Crippen LogP contribution < -0.4 is 4.74 Å². The molecular formula is C14H9Cl3O2. The van der Waals surface area contributed by atoms with E-state index in [0.29, 0.717) is 32.1 Å². The molecule has 0 unspecified atom stereocenters. The number of hydrogen-bond acceptors (Lipinski definition) is 2. The molecule has 2 rings (SSSR count). The fourth-order valence-electron chi connectivity index (χ4n) is 1.48. The molecule has 0 aliphatic carbocycles. The highest BCUT2D eigenvalue weighted by Crippen LogP contribution is 2.37. The van der Waals surface area contributed by atoms with Crippen LogP contribution in [0.5, 0.6) is 11.5 Å². The molecule has 0 fully saturated rings. The number of carbonyl (C=O) groups is 1. The minimum atomic E-state index is -0.0609. The number of benzene rings is 2. The Labute approximate surface area is 125 Å². The predicted octanol–water partition coefficient (Wildman–Crippen LogP) is 5.64. The van der Waals surface area contributed by atoms with Crippen molar-refractivity contribution in [1.29, 1.82) is 0 Å². The number of ketones is 1. The highest BCUT2D eigenvalue weighted by Gasteiger charge is 2.10. The van der Waals surface area contributed by atoms with Crippen LogP contribution in [0.4, 0.5) is 0 Å². The van der Waals surface area contributed by atoms with Gasteiger partial charge < -0.3 is 4.74 Å². The van der Waals surface area contributed by atoms with Crippen LogP contribution in [0.1, 0.15) is 17.3 Å². The monoisotopic (exact) mass is 314 g/mol. The van der Waals surface area contributed by atoms with Gasteiger partial charge in [-0.25, -0.2) is 0 Å². The first-order valence-corrected chi connectivity index (χ1v) is 6.55. The van der Waals surface area contributed by atoms with E-state index in [2.05, 4.69) is 0 Å². The number of rotatable bonds is 3. The lowest BCUT2D eigenvalue weighted by Crippen LogP contribution is -1.93. The van der Waals surface area contributed by atoms with Gasteiger partial charge in [0.05, 0.1) is 10.0 Å². The molecule has 19 heavy (non-hydrogen) atoms. The third kappa shape index (κ3) is 3.21. The molecule has 0 saturated carbocycles. The summed E-state index contributed by atoms with van der Waals surface area (Å²) >= 11 is 18.0. The van der Waals surface area contributed by atoms with Crippen LogP contribution in [0.15, 0.2) is 36.4 Å². The van der Waals surface area contributed by atoms with E-state index in [4.69, 9.17) is 39.5 Å². The van der Waals surface area contributed by atoms with Gasteiger partial charge in [0.2, 0.25) is 0 Å². The average molecular weight is 316 g/mol. The minimum Gasteiger partial charge on any atom is -0.454 e. The van der Waals surface area contributed by atoms with Crippen LogP contribution in [0.3, 0.4) is 0 Å². The van der Waals surface area contributed by atoms with E-state index in [1.54, 1.807) is 36.4 Å². The first-order chi connectivity index (χ1) is 8.99. The molecule has 0 spiro atoms. The van der Waals surface area contributed by atoms with Crippen LogP contribution in [0.25, 0.3) is 0 Å². The van der Waals surface area contributed by atoms with Gasteiger partial charge in [0.15, 0.2) is 5.78 Å². The number of hydrogen-bond donors (Lipinski definition) is 0. The lowest BCUT2D eigenvalue weighted by atomic mass is 10.1. The van der Waals surface area contributed by atoms with E-state index >= 15 is 0 Å². The SMILES string of the molecule is CC(=O)c1ccc(Oc2cccc(Cl)c2Cl)c(Cl)c1. The number of carbonyl (C=O) groups excluding carboxylic acids is 1. The second kappa shape index (κ2) is 5.83. The summed E-state index contributed by atoms with van der Waals surface area (Å²) in [5.74, 6) is 0.761. The summed E-state index contributed by atoms with van der Waals surface area (Å²) in [6, 6.07) is 9.89. The van der Waals surface area contributed by atoms with Gasteiger partial charge in [0, 0.05) is 5.56 Å². The molecule has 0 heterocycles. The zero-order chi connectivity index (χ0) is 14.0. The van der Waals surface area contributed by atoms with E-state index in [1.807, 2.05) is 0 Å². The molecular weight excluding hydrogens is 307 g/mol. The highest BCUT2D eigenvalue weighted by atomic mass is 35.5. The van der Waals surface area contributed by atoms with Gasteiger partial charge in [-0.1, -0.05) is 40.9 Å². The van der Waals surface area contributed by atoms with E-state index in [0.717, 1.165) is 0 Å². The van der Waals surface area contributed by atoms with E-state index in [9.17, 15) is 4.79 Å². The van der Waals surface area contributed by atoms with Crippen molar-refractivity contribution in [2.24, 2.45) is 0 Å². The predicted molar refractivity (Wildman–Crippen MR) is 78.0 cm³/mol. The van der Waals surface area contributed by atoms with Gasteiger partial charge >= 0.3 is 0 Å². The lowest BCUT2D eigenvalue weighted by Gasteiger charge is -2.10. The van der Waals surface area contributed by atoms with Gasteiger partial charge in [-0.15, -0.1) is 0 Å². The molecule has 0 aromatic heterocycles. The highest BCUT2D eigenvalue weighted by molar-refractivity contribution is 6.43. The maximum atomic E-state index is 11.2. The van der Waals surface area contributed by atoms with Crippen molar-refractivity contribution in [2.75, 3.05) is 0 Å². The Bertz CT molecular complexity index is 639. The molecule has 98 valence electrons. The number of ether oxygens (including phenoxy) is 1. The Morgan fingerprint density at radius 3 is 2.37 bits per heavy atom. The van der Waals surface area contributed by atoms with Crippen LogP contribution in [-0.4, -0.2) is 5.78 Å². The Kier molecular flexibility index (Phi) is 4.35. The summed E-state index contributed by atoms with van der Waals surface area (Å²) in [5.41, 5.74) is 0.523. The normalized spacial score (nSPS) is 10.3. The molecule has 5 heteroatoms. The van der Waals surface area contributed by atoms with Gasteiger partial charge in [-0.05, 0) is 37.3 Å². The minimum absolute atomic E-state index is 0.0609. The molecule has 0 bridgehead atoms. The maximum absolute atomic E-state index is 11.2. The van der Waals surface area contributed by atoms with Crippen molar-refractivity contribution < 1.29 is 9.53 Å². The standard InChI is InChI=1S/C14H9Cl3O2/c1-8(18)9-5-6-12(11(16)7-9)19-13-4-2-3-10(15)14(13)17/h2-7H,1H3. The number of Topliss-reactive ketones (excluding diaryl/α,β-unsaturated/α-hetero) is 1. The van der Waals surface area contributed by atoms with Gasteiger partial charge in [0.1, 0.15) is 16.5 Å². The topological polar surface area (TPSA) is 26.3 Å². The summed E-state index contributed by atoms with van der Waals surface area (Å²) in [4.78, 5) is 11.2. The zero-order valence-electron chi connectivity index (χ0n) is 9.91. The number of halogens is 3. The summed E-state index contributed by atoms with van der Waals surface area (Å²) in [6.07, 6.45) is 0. The van der Waals surface area contributed by atoms with Crippen LogP contribution >= 0.6 is 34.8 Å². The maximum Gasteiger partial charge on any atom is 0.159 e. The van der Waals surface area contributed by atoms with Crippen LogP contribution in [0.2, 0.25) is 15.1 Å². The lowest BCUT2D eigenvalue weighted by molar-refractivity contribution is 0.101. The molecule has 0 atom stereocenters. The van der Waals surface area contributed by atoms with Crippen molar-refractivity contribution >= 4 is 40.6 Å². The Morgan fingerprint density at radius 1 is 1.00 bits per heavy atom. The van der Waals surface area contributed by atoms with E-state index < -0.39 is 0 Å². The molecule has 0 amide bonds. The summed E-state index contributed by atoms with van der Waals surface area (Å²) in [5, 5.41) is 1.05. The summed E-state index contributed by atoms with van der Waals surface area (Å²) < 4.78 is 5.60. The first-order valence-electron chi connectivity index (χ1n) is 5.41. The zero-order valence-corrected chi connectivity index (χ0v) is 12.2. The Morgan fingerprint density at radius 2 is 1.74 bits per heavy atom. The molecule has 2 aromatic carbocycles. The molecule has 0 aliphatic heterocycles. The largest absolute Gasteiger partial charge is 0.454 e. The molecule has 0 aliphatic rings. The van der Waals surface area contributed by atoms with Gasteiger partial charge in [0.25, 0.3) is 0 Å². The third-order valence-electron chi connectivity index (χ3n) is 2.47. The summed E-state index contributed by atoms with van der Waals surface area (Å²) in [6.45, 7) is 1.47. The first kappa shape index (κ1) is 14.2. The molecule has 0 saturated heterocycles. The van der Waals surface area contributed by atoms with Gasteiger partial charge in [-0.3, -0.25) is 4.79 Å². The average Bonchev–Trinajstić information content (AvgIpc) is 2.37. The molecule has 0 N–H and O–H groups in total. The molecule has 2 aromatic rings. The van der Waals surface area contributed by atoms with Crippen LogP contribution in [-0.2, 0) is 0 Å². The van der Waals surface area contributed by atoms with Crippen LogP contribution in [0, 0.1) is 0 Å². The molecule has 2 nitrogen and oxygen atoms in total. The Hall–Kier alpha value is -1.22. The Balaban J connectivity index is 2.34. The van der Waals surface area contributed by atoms with E-state index in [1.165, 1.54) is 6.92 Å². The second-order valence-electron chi connectivity index (χ2n) is 3.86. The van der Waals surface area contributed by atoms with Crippen molar-refractivity contribution in [1.82, 2.24) is 0 Å². The van der Waals surface area contributed by atoms with Crippen molar-refractivity contribution in [3.63, 3.8) is 0 Å². The van der Waals surface area contributed by atoms with Crippen molar-refractivity contribution in [3.8, 4) is 11.5 Å². The fourth-order valence-corrected chi connectivity index (χ4v) is 2.03. The van der Waals surface area contributed by atoms with Crippen molar-refractivity contribution in [3.05, 3.63) is 57.0 Å². The quantitative estimate of drug-likeness (QED) is 0.685. The van der Waals surface area contributed by atoms with Crippen molar-refractivity contribution in [2.45, 2.75) is 6.92 Å². The summed E-state index contributed by atoms with van der Waals surface area (Å²) in [7, 11) is 0. The molecule has 0 radical (unpaired) electrons. The van der Waals surface area contributed by atoms with Gasteiger partial charge in [-0.2, -0.15) is 0 Å². The van der Waals surface area contributed by atoms with E-state index in [-0.39, 0.29) is 5.78 Å².